The fourth-order valence-electron chi connectivity index (χ4n) is 1.69. The molecule has 0 bridgehead atoms. The number of nitrogens with zero attached hydrogens (tertiary/aromatic N) is 3. The van der Waals surface area contributed by atoms with Gasteiger partial charge in [-0.1, -0.05) is 13.8 Å². The van der Waals surface area contributed by atoms with Gasteiger partial charge in [0.1, 0.15) is 0 Å². The van der Waals surface area contributed by atoms with Gasteiger partial charge in [0.25, 0.3) is 0 Å². The molecule has 4 heteroatoms. The lowest BCUT2D eigenvalue weighted by atomic mass is 10.1. The van der Waals surface area contributed by atoms with E-state index >= 15 is 0 Å². The number of hydrogen-bond acceptors (Lipinski definition) is 4. The van der Waals surface area contributed by atoms with Crippen LogP contribution >= 0.6 is 0 Å². The van der Waals surface area contributed by atoms with Crippen molar-refractivity contribution in [3.63, 3.8) is 0 Å². The van der Waals surface area contributed by atoms with Crippen molar-refractivity contribution in [1.82, 2.24) is 15.5 Å². The van der Waals surface area contributed by atoms with Crippen molar-refractivity contribution in [2.45, 2.75) is 26.7 Å². The zero-order valence-electron chi connectivity index (χ0n) is 11.4. The topological polar surface area (TPSA) is 41.0 Å². The molecule has 0 aliphatic heterocycles. The van der Waals surface area contributed by atoms with E-state index in [9.17, 15) is 0 Å². The summed E-state index contributed by atoms with van der Waals surface area (Å²) in [7, 11) is 4.03. The standard InChI is InChI=1S/C13H24N4/c1-11(2)10-12-6-7-13(16-15-12)17(4)9-5-8-14-3/h6-7,11,14H,5,8-10H2,1-4H3. The minimum absolute atomic E-state index is 0.628. The molecule has 1 aromatic rings. The monoisotopic (exact) mass is 236 g/mol. The largest absolute Gasteiger partial charge is 0.358 e. The lowest BCUT2D eigenvalue weighted by molar-refractivity contribution is 0.626. The second-order valence-electron chi connectivity index (χ2n) is 4.86. The molecule has 96 valence electrons. The van der Waals surface area contributed by atoms with Crippen molar-refractivity contribution in [3.05, 3.63) is 17.8 Å². The summed E-state index contributed by atoms with van der Waals surface area (Å²) >= 11 is 0. The van der Waals surface area contributed by atoms with E-state index in [0.29, 0.717) is 5.92 Å². The van der Waals surface area contributed by atoms with E-state index in [0.717, 1.165) is 37.4 Å². The predicted molar refractivity (Wildman–Crippen MR) is 72.4 cm³/mol. The molecule has 0 spiro atoms. The normalized spacial score (nSPS) is 10.9. The highest BCUT2D eigenvalue weighted by atomic mass is 15.2. The number of rotatable bonds is 7. The summed E-state index contributed by atoms with van der Waals surface area (Å²) in [4.78, 5) is 2.14. The van der Waals surface area contributed by atoms with Crippen molar-refractivity contribution in [3.8, 4) is 0 Å². The van der Waals surface area contributed by atoms with Crippen LogP contribution in [0, 0.1) is 5.92 Å². The highest BCUT2D eigenvalue weighted by Crippen LogP contribution is 2.10. The first kappa shape index (κ1) is 13.9. The molecule has 0 saturated carbocycles. The van der Waals surface area contributed by atoms with Crippen molar-refractivity contribution in [2.75, 3.05) is 32.1 Å². The molecule has 0 aliphatic rings. The summed E-state index contributed by atoms with van der Waals surface area (Å²) in [5.74, 6) is 1.58. The summed E-state index contributed by atoms with van der Waals surface area (Å²) in [5.41, 5.74) is 1.08. The molecule has 0 saturated heterocycles. The maximum Gasteiger partial charge on any atom is 0.150 e. The first-order chi connectivity index (χ1) is 8.13. The molecule has 4 nitrogen and oxygen atoms in total. The van der Waals surface area contributed by atoms with Gasteiger partial charge in [-0.05, 0) is 44.5 Å². The Hall–Kier alpha value is -1.16. The van der Waals surface area contributed by atoms with Crippen LogP contribution in [0.4, 0.5) is 5.82 Å². The Morgan fingerprint density at radius 2 is 2.06 bits per heavy atom. The molecule has 1 aromatic heterocycles. The molecule has 1 N–H and O–H groups in total. The molecule has 0 fully saturated rings. The van der Waals surface area contributed by atoms with E-state index in [1.165, 1.54) is 0 Å². The Labute approximate surface area is 104 Å². The minimum atomic E-state index is 0.628. The van der Waals surface area contributed by atoms with Crippen LogP contribution in [0.2, 0.25) is 0 Å². The lowest BCUT2D eigenvalue weighted by Crippen LogP contribution is -2.23. The maximum absolute atomic E-state index is 4.27. The van der Waals surface area contributed by atoms with Crippen LogP contribution in [0.15, 0.2) is 12.1 Å². The van der Waals surface area contributed by atoms with Crippen LogP contribution < -0.4 is 10.2 Å². The van der Waals surface area contributed by atoms with E-state index in [2.05, 4.69) is 53.4 Å². The number of aromatic nitrogens is 2. The molecule has 0 aliphatic carbocycles. The fraction of sp³-hybridized carbons (Fsp3) is 0.692. The highest BCUT2D eigenvalue weighted by molar-refractivity contribution is 5.35. The van der Waals surface area contributed by atoms with Gasteiger partial charge in [-0.25, -0.2) is 0 Å². The maximum atomic E-state index is 4.27. The molecule has 0 unspecified atom stereocenters. The SMILES string of the molecule is CNCCCN(C)c1ccc(CC(C)C)nn1. The lowest BCUT2D eigenvalue weighted by Gasteiger charge is -2.17. The number of nitrogens with one attached hydrogen (secondary N) is 1. The van der Waals surface area contributed by atoms with Crippen molar-refractivity contribution in [2.24, 2.45) is 5.92 Å². The molecular formula is C13H24N4. The Morgan fingerprint density at radius 1 is 1.29 bits per heavy atom. The van der Waals surface area contributed by atoms with Gasteiger partial charge in [-0.3, -0.25) is 0 Å². The van der Waals surface area contributed by atoms with E-state index in [1.807, 2.05) is 7.05 Å². The first-order valence-corrected chi connectivity index (χ1v) is 6.32. The third-order valence-corrected chi connectivity index (χ3v) is 2.63. The Balaban J connectivity index is 2.48. The molecule has 0 amide bonds. The van der Waals surface area contributed by atoms with Crippen LogP contribution in [0.1, 0.15) is 26.0 Å². The number of anilines is 1. The molecule has 0 aromatic carbocycles. The zero-order valence-corrected chi connectivity index (χ0v) is 11.4. The van der Waals surface area contributed by atoms with Gasteiger partial charge in [-0.15, -0.1) is 5.10 Å². The average Bonchev–Trinajstić information content (AvgIpc) is 2.29. The summed E-state index contributed by atoms with van der Waals surface area (Å²) in [6.45, 7) is 6.42. The Morgan fingerprint density at radius 3 is 2.59 bits per heavy atom. The van der Waals surface area contributed by atoms with Crippen LogP contribution in [-0.4, -0.2) is 37.4 Å². The van der Waals surface area contributed by atoms with Crippen LogP contribution in [0.3, 0.4) is 0 Å². The summed E-state index contributed by atoms with van der Waals surface area (Å²) in [6, 6.07) is 4.14. The molecule has 17 heavy (non-hydrogen) atoms. The average molecular weight is 236 g/mol. The van der Waals surface area contributed by atoms with E-state index < -0.39 is 0 Å². The molecule has 1 rings (SSSR count). The van der Waals surface area contributed by atoms with Crippen molar-refractivity contribution < 1.29 is 0 Å². The minimum Gasteiger partial charge on any atom is -0.358 e. The third kappa shape index (κ3) is 5.13. The van der Waals surface area contributed by atoms with Gasteiger partial charge >= 0.3 is 0 Å². The van der Waals surface area contributed by atoms with Gasteiger partial charge in [0.2, 0.25) is 0 Å². The zero-order chi connectivity index (χ0) is 12.7. The smallest absolute Gasteiger partial charge is 0.150 e. The highest BCUT2D eigenvalue weighted by Gasteiger charge is 2.04. The fourth-order valence-corrected chi connectivity index (χ4v) is 1.69. The quantitative estimate of drug-likeness (QED) is 0.732. The number of hydrogen-bond donors (Lipinski definition) is 1. The van der Waals surface area contributed by atoms with E-state index in [4.69, 9.17) is 0 Å². The van der Waals surface area contributed by atoms with E-state index in [1.54, 1.807) is 0 Å². The first-order valence-electron chi connectivity index (χ1n) is 6.32. The van der Waals surface area contributed by atoms with Crippen LogP contribution in [0.5, 0.6) is 0 Å². The third-order valence-electron chi connectivity index (χ3n) is 2.63. The Bertz CT molecular complexity index is 308. The van der Waals surface area contributed by atoms with Gasteiger partial charge in [-0.2, -0.15) is 5.10 Å². The second-order valence-corrected chi connectivity index (χ2v) is 4.86. The van der Waals surface area contributed by atoms with Crippen molar-refractivity contribution in [1.29, 1.82) is 0 Å². The summed E-state index contributed by atoms with van der Waals surface area (Å²) < 4.78 is 0. The predicted octanol–water partition coefficient (Wildman–Crippen LogP) is 1.72. The van der Waals surface area contributed by atoms with Gasteiger partial charge < -0.3 is 10.2 Å². The molecule has 0 atom stereocenters. The van der Waals surface area contributed by atoms with Gasteiger partial charge in [0, 0.05) is 13.6 Å². The molecule has 1 heterocycles. The van der Waals surface area contributed by atoms with Crippen LogP contribution in [0.25, 0.3) is 0 Å². The second kappa shape index (κ2) is 7.22. The molecular weight excluding hydrogens is 212 g/mol. The Kier molecular flexibility index (Phi) is 5.91. The van der Waals surface area contributed by atoms with Crippen molar-refractivity contribution >= 4 is 5.82 Å². The summed E-state index contributed by atoms with van der Waals surface area (Å²) in [6.07, 6.45) is 2.11. The van der Waals surface area contributed by atoms with Crippen LogP contribution in [-0.2, 0) is 6.42 Å². The van der Waals surface area contributed by atoms with E-state index in [-0.39, 0.29) is 0 Å². The molecule has 0 radical (unpaired) electrons. The van der Waals surface area contributed by atoms with Gasteiger partial charge in [0.05, 0.1) is 5.69 Å². The van der Waals surface area contributed by atoms with Gasteiger partial charge in [0.15, 0.2) is 5.82 Å². The summed E-state index contributed by atoms with van der Waals surface area (Å²) in [5, 5.41) is 11.7.